The van der Waals surface area contributed by atoms with Gasteiger partial charge < -0.3 is 28.8 Å². The molecule has 0 bridgehead atoms. The van der Waals surface area contributed by atoms with Gasteiger partial charge in [0.05, 0.1) is 39.9 Å². The molecule has 1 unspecified atom stereocenters. The van der Waals surface area contributed by atoms with E-state index in [-0.39, 0.29) is 19.1 Å². The fraction of sp³-hybridized carbons (Fsp3) is 0.898. The quantitative estimate of drug-likeness (QED) is 0.0274. The minimum absolute atomic E-state index is 0.00757. The number of nitrogens with one attached hydrogen (secondary N) is 1. The molecule has 0 aliphatic heterocycles. The standard InChI is InChI=1S/C49H97N2O6P/c1-6-8-10-12-14-16-18-20-22-24-25-27-29-31-33-35-37-39-41-43-49(53)50-47(46-57-58(54,55)56-45-44-51(3,4)5)48(52)42-40-38-36-34-32-30-28-26-23-21-19-17-15-13-11-9-7-2/h20,22,32,34,47-48,52H,6-19,21,23-31,33,35-46H2,1-5H3,(H-,50,53,54,55)/b22-20+,34-32+/t47-,48+/m0/s1. The van der Waals surface area contributed by atoms with Gasteiger partial charge in [-0.1, -0.05) is 186 Å². The second kappa shape index (κ2) is 41.3. The van der Waals surface area contributed by atoms with Crippen molar-refractivity contribution in [3.05, 3.63) is 24.3 Å². The smallest absolute Gasteiger partial charge is 0.268 e. The number of phosphoric ester groups is 1. The largest absolute Gasteiger partial charge is 0.756 e. The molecule has 0 aliphatic carbocycles. The molecular formula is C49H97N2O6P. The minimum Gasteiger partial charge on any atom is -0.756 e. The number of carbonyl (C=O) groups excluding carboxylic acids is 1. The van der Waals surface area contributed by atoms with E-state index in [4.69, 9.17) is 9.05 Å². The highest BCUT2D eigenvalue weighted by Gasteiger charge is 2.24. The third kappa shape index (κ3) is 43.1. The van der Waals surface area contributed by atoms with Gasteiger partial charge in [-0.3, -0.25) is 9.36 Å². The summed E-state index contributed by atoms with van der Waals surface area (Å²) in [4.78, 5) is 25.4. The van der Waals surface area contributed by atoms with Crippen LogP contribution >= 0.6 is 7.82 Å². The number of unbranched alkanes of at least 4 members (excludes halogenated alkanes) is 28. The van der Waals surface area contributed by atoms with E-state index < -0.39 is 20.0 Å². The van der Waals surface area contributed by atoms with Crippen LogP contribution in [0.2, 0.25) is 0 Å². The Balaban J connectivity index is 4.32. The molecule has 1 amide bonds. The van der Waals surface area contributed by atoms with Gasteiger partial charge in [0.25, 0.3) is 7.82 Å². The van der Waals surface area contributed by atoms with Gasteiger partial charge in [0.2, 0.25) is 5.91 Å². The Morgan fingerprint density at radius 3 is 1.34 bits per heavy atom. The summed E-state index contributed by atoms with van der Waals surface area (Å²) in [6, 6.07) is -0.816. The summed E-state index contributed by atoms with van der Waals surface area (Å²) < 4.78 is 23.3. The van der Waals surface area contributed by atoms with Crippen LogP contribution in [0.1, 0.15) is 232 Å². The molecule has 0 spiro atoms. The van der Waals surface area contributed by atoms with Crippen LogP contribution in [0.15, 0.2) is 24.3 Å². The van der Waals surface area contributed by atoms with Crippen molar-refractivity contribution < 1.29 is 32.9 Å². The Morgan fingerprint density at radius 1 is 0.586 bits per heavy atom. The van der Waals surface area contributed by atoms with Crippen molar-refractivity contribution in [2.24, 2.45) is 0 Å². The van der Waals surface area contributed by atoms with Crippen molar-refractivity contribution in [3.63, 3.8) is 0 Å². The SMILES string of the molecule is CCCCCCCC/C=C/CCCCCCCCCCCC(=O)N[C@@H](COP(=O)([O-])OCC[N+](C)(C)C)[C@H](O)CCCC/C=C/CCCCCCCCCCCCC. The number of aliphatic hydroxyl groups is 1. The molecule has 3 atom stereocenters. The van der Waals surface area contributed by atoms with Crippen molar-refractivity contribution in [3.8, 4) is 0 Å². The van der Waals surface area contributed by atoms with Gasteiger partial charge in [-0.25, -0.2) is 0 Å². The summed E-state index contributed by atoms with van der Waals surface area (Å²) in [6.07, 6.45) is 49.0. The third-order valence-corrected chi connectivity index (χ3v) is 12.1. The number of amides is 1. The molecule has 0 rings (SSSR count). The molecule has 0 radical (unpaired) electrons. The average molecular weight is 841 g/mol. The van der Waals surface area contributed by atoms with Gasteiger partial charge in [-0.15, -0.1) is 0 Å². The van der Waals surface area contributed by atoms with Crippen molar-refractivity contribution in [2.45, 2.75) is 244 Å². The fourth-order valence-corrected chi connectivity index (χ4v) is 7.93. The van der Waals surface area contributed by atoms with Crippen LogP contribution < -0.4 is 10.2 Å². The maximum Gasteiger partial charge on any atom is 0.268 e. The minimum atomic E-state index is -4.57. The lowest BCUT2D eigenvalue weighted by atomic mass is 10.0. The van der Waals surface area contributed by atoms with Gasteiger partial charge in [0.15, 0.2) is 0 Å². The van der Waals surface area contributed by atoms with Crippen LogP contribution in [0.25, 0.3) is 0 Å². The van der Waals surface area contributed by atoms with Gasteiger partial charge in [0, 0.05) is 6.42 Å². The first-order valence-electron chi connectivity index (χ1n) is 24.7. The number of nitrogens with zero attached hydrogens (tertiary/aromatic N) is 1. The molecule has 0 fully saturated rings. The molecule has 2 N–H and O–H groups in total. The van der Waals surface area contributed by atoms with Crippen LogP contribution in [0.5, 0.6) is 0 Å². The zero-order chi connectivity index (χ0) is 42.8. The van der Waals surface area contributed by atoms with Crippen LogP contribution in [-0.2, 0) is 18.4 Å². The molecule has 9 heteroatoms. The van der Waals surface area contributed by atoms with Crippen molar-refractivity contribution in [1.82, 2.24) is 5.32 Å². The Hall–Kier alpha value is -1.02. The molecule has 344 valence electrons. The molecule has 0 aliphatic rings. The normalized spacial score (nSPS) is 14.4. The first-order chi connectivity index (χ1) is 28.0. The predicted molar refractivity (Wildman–Crippen MR) is 247 cm³/mol. The molecule has 0 aromatic carbocycles. The Kier molecular flexibility index (Phi) is 40.6. The van der Waals surface area contributed by atoms with E-state index in [1.807, 2.05) is 21.1 Å². The average Bonchev–Trinajstić information content (AvgIpc) is 3.17. The summed E-state index contributed by atoms with van der Waals surface area (Å²) in [7, 11) is 1.29. The maximum absolute atomic E-state index is 12.9. The lowest BCUT2D eigenvalue weighted by Crippen LogP contribution is -2.46. The lowest BCUT2D eigenvalue weighted by Gasteiger charge is -2.30. The second-order valence-corrected chi connectivity index (χ2v) is 19.6. The number of aliphatic hydroxyl groups excluding tert-OH is 1. The predicted octanol–water partition coefficient (Wildman–Crippen LogP) is 13.5. The van der Waals surface area contributed by atoms with Crippen LogP contribution in [0, 0.1) is 0 Å². The highest BCUT2D eigenvalue weighted by atomic mass is 31.2. The molecule has 0 heterocycles. The second-order valence-electron chi connectivity index (χ2n) is 18.2. The Labute approximate surface area is 360 Å². The van der Waals surface area contributed by atoms with Gasteiger partial charge in [-0.2, -0.15) is 0 Å². The maximum atomic E-state index is 12.9. The topological polar surface area (TPSA) is 108 Å². The zero-order valence-corrected chi connectivity index (χ0v) is 39.9. The number of quaternary nitrogens is 1. The van der Waals surface area contributed by atoms with Gasteiger partial charge in [0.1, 0.15) is 13.2 Å². The molecule has 0 aromatic heterocycles. The van der Waals surface area contributed by atoms with Gasteiger partial charge >= 0.3 is 0 Å². The molecule has 8 nitrogen and oxygen atoms in total. The molecule has 0 saturated carbocycles. The Bertz CT molecular complexity index is 1000. The van der Waals surface area contributed by atoms with E-state index in [1.165, 1.54) is 161 Å². The lowest BCUT2D eigenvalue weighted by molar-refractivity contribution is -0.870. The number of rotatable bonds is 45. The van der Waals surface area contributed by atoms with E-state index in [0.29, 0.717) is 23.9 Å². The Morgan fingerprint density at radius 2 is 0.948 bits per heavy atom. The van der Waals surface area contributed by atoms with E-state index in [1.54, 1.807) is 0 Å². The molecular weight excluding hydrogens is 744 g/mol. The summed E-state index contributed by atoms with van der Waals surface area (Å²) in [6.45, 7) is 4.71. The van der Waals surface area contributed by atoms with Crippen LogP contribution in [-0.4, -0.2) is 68.5 Å². The highest BCUT2D eigenvalue weighted by Crippen LogP contribution is 2.38. The number of phosphoric acid groups is 1. The first kappa shape index (κ1) is 57.0. The van der Waals surface area contributed by atoms with E-state index in [9.17, 15) is 19.4 Å². The number of hydrogen-bond acceptors (Lipinski definition) is 6. The molecule has 0 aromatic rings. The van der Waals surface area contributed by atoms with Crippen LogP contribution in [0.3, 0.4) is 0 Å². The number of likely N-dealkylation sites (N-methyl/N-ethyl adjacent to an activating group) is 1. The first-order valence-corrected chi connectivity index (χ1v) is 26.1. The van der Waals surface area contributed by atoms with Gasteiger partial charge in [-0.05, 0) is 64.2 Å². The summed E-state index contributed by atoms with van der Waals surface area (Å²) >= 11 is 0. The summed E-state index contributed by atoms with van der Waals surface area (Å²) in [5.74, 6) is -0.175. The number of allylic oxidation sites excluding steroid dienone is 4. The van der Waals surface area contributed by atoms with Crippen molar-refractivity contribution in [1.29, 1.82) is 0 Å². The highest BCUT2D eigenvalue weighted by molar-refractivity contribution is 7.45. The number of hydrogen-bond donors (Lipinski definition) is 2. The number of carbonyl (C=O) groups is 1. The summed E-state index contributed by atoms with van der Waals surface area (Å²) in [5, 5.41) is 13.9. The van der Waals surface area contributed by atoms with E-state index in [2.05, 4.69) is 43.5 Å². The van der Waals surface area contributed by atoms with Crippen molar-refractivity contribution in [2.75, 3.05) is 40.9 Å². The molecule has 0 saturated heterocycles. The molecule has 58 heavy (non-hydrogen) atoms. The van der Waals surface area contributed by atoms with Crippen LogP contribution in [0.4, 0.5) is 0 Å². The third-order valence-electron chi connectivity index (χ3n) is 11.2. The zero-order valence-electron chi connectivity index (χ0n) is 39.0. The monoisotopic (exact) mass is 841 g/mol. The van der Waals surface area contributed by atoms with Crippen molar-refractivity contribution >= 4 is 13.7 Å². The summed E-state index contributed by atoms with van der Waals surface area (Å²) in [5.41, 5.74) is 0. The van der Waals surface area contributed by atoms with E-state index in [0.717, 1.165) is 44.9 Å². The van der Waals surface area contributed by atoms with E-state index >= 15 is 0 Å². The fourth-order valence-electron chi connectivity index (χ4n) is 7.21.